The fourth-order valence-corrected chi connectivity index (χ4v) is 1.19. The molecule has 0 amide bonds. The van der Waals surface area contributed by atoms with Crippen molar-refractivity contribution in [2.75, 3.05) is 0 Å². The Bertz CT molecular complexity index is 322. The average Bonchev–Trinajstić information content (AvgIpc) is 2.14. The monoisotopic (exact) mass is 136 g/mol. The number of hydrogen-bond acceptors (Lipinski definition) is 0. The zero-order chi connectivity index (χ0) is 10.4. The predicted molar refractivity (Wildman–Crippen MR) is 43.1 cm³/mol. The van der Waals surface area contributed by atoms with Gasteiger partial charge in [-0.15, -0.1) is 0 Å². The maximum atomic E-state index is 7.78. The molecule has 1 aliphatic rings. The van der Waals surface area contributed by atoms with Gasteiger partial charge in [0.25, 0.3) is 0 Å². The van der Waals surface area contributed by atoms with Gasteiger partial charge in [0, 0.05) is 5.48 Å². The summed E-state index contributed by atoms with van der Waals surface area (Å²) in [4.78, 5) is 0. The molecule has 1 aromatic carbocycles. The Balaban J connectivity index is 2.61. The van der Waals surface area contributed by atoms with Gasteiger partial charge in [-0.3, -0.25) is 0 Å². The molecule has 2 rings (SSSR count). The molecule has 1 aromatic rings. The summed E-state index contributed by atoms with van der Waals surface area (Å²) in [6.45, 7) is 0. The van der Waals surface area contributed by atoms with Crippen LogP contribution in [0.2, 0.25) is 0 Å². The summed E-state index contributed by atoms with van der Waals surface area (Å²) in [5.74, 6) is 0. The van der Waals surface area contributed by atoms with E-state index < -0.39 is 12.7 Å². The molecule has 0 unspecified atom stereocenters. The van der Waals surface area contributed by atoms with Crippen molar-refractivity contribution >= 4 is 0 Å². The molecule has 1 aliphatic carbocycles. The number of hydrogen-bond donors (Lipinski definition) is 0. The minimum absolute atomic E-state index is 0.261. The van der Waals surface area contributed by atoms with Crippen LogP contribution in [-0.2, 0) is 12.7 Å². The Hall–Kier alpha value is -0.780. The third-order valence-electron chi connectivity index (χ3n) is 1.68. The second-order valence-corrected chi connectivity index (χ2v) is 2.40. The lowest BCUT2D eigenvalue weighted by atomic mass is 9.92. The molecule has 0 bridgehead atoms. The van der Waals surface area contributed by atoms with Crippen molar-refractivity contribution in [2.45, 2.75) is 25.6 Å². The molecule has 0 heterocycles. The van der Waals surface area contributed by atoms with E-state index in [0.29, 0.717) is 11.1 Å². The van der Waals surface area contributed by atoms with E-state index in [1.54, 1.807) is 24.3 Å². The van der Waals surface area contributed by atoms with Gasteiger partial charge in [-0.25, -0.2) is 0 Å². The number of benzene rings is 1. The molecule has 52 valence electrons. The first-order chi connectivity index (χ1) is 6.43. The van der Waals surface area contributed by atoms with E-state index in [-0.39, 0.29) is 12.8 Å². The standard InChI is InChI=1S/C10H12/c1-2-6-10-8-4-3-7-9(10)5-1/h1-2,5-6H,3-4,7-8H2/i7D2,8D2. The average molecular weight is 136 g/mol. The largest absolute Gasteiger partial charge is 0.0620 e. The molecular weight excluding hydrogens is 120 g/mol. The second kappa shape index (κ2) is 2.45. The zero-order valence-electron chi connectivity index (χ0n) is 9.72. The first-order valence-corrected chi connectivity index (χ1v) is 3.53. The summed E-state index contributed by atoms with van der Waals surface area (Å²) in [5, 5.41) is 0. The quantitative estimate of drug-likeness (QED) is 0.514. The maximum Gasteiger partial charge on any atom is 0.0316 e. The van der Waals surface area contributed by atoms with Crippen LogP contribution in [0.3, 0.4) is 0 Å². The van der Waals surface area contributed by atoms with Crippen LogP contribution in [-0.4, -0.2) is 0 Å². The Morgan fingerprint density at radius 3 is 2.00 bits per heavy atom. The Morgan fingerprint density at radius 2 is 1.50 bits per heavy atom. The first-order valence-electron chi connectivity index (χ1n) is 5.53. The van der Waals surface area contributed by atoms with Crippen LogP contribution >= 0.6 is 0 Å². The van der Waals surface area contributed by atoms with Crippen LogP contribution < -0.4 is 0 Å². The minimum Gasteiger partial charge on any atom is -0.0620 e. The van der Waals surface area contributed by atoms with E-state index in [9.17, 15) is 0 Å². The molecular formula is C10H12. The van der Waals surface area contributed by atoms with Gasteiger partial charge in [0.1, 0.15) is 0 Å². The van der Waals surface area contributed by atoms with E-state index >= 15 is 0 Å². The summed E-state index contributed by atoms with van der Waals surface area (Å²) in [5.41, 5.74) is 1.02. The van der Waals surface area contributed by atoms with Crippen LogP contribution in [0.15, 0.2) is 24.3 Å². The highest BCUT2D eigenvalue weighted by atomic mass is 14.1. The van der Waals surface area contributed by atoms with Crippen LogP contribution in [0.1, 0.15) is 29.5 Å². The Kier molecular flexibility index (Phi) is 0.755. The van der Waals surface area contributed by atoms with Gasteiger partial charge in [-0.2, -0.15) is 0 Å². The van der Waals surface area contributed by atoms with Gasteiger partial charge in [-0.05, 0) is 36.7 Å². The van der Waals surface area contributed by atoms with Gasteiger partial charge >= 0.3 is 0 Å². The van der Waals surface area contributed by atoms with Gasteiger partial charge in [-0.1, -0.05) is 24.3 Å². The molecule has 0 nitrogen and oxygen atoms in total. The number of rotatable bonds is 0. The van der Waals surface area contributed by atoms with Crippen LogP contribution in [0.25, 0.3) is 0 Å². The lowest BCUT2D eigenvalue weighted by molar-refractivity contribution is 0.685. The molecule has 0 saturated carbocycles. The molecule has 0 saturated heterocycles. The van der Waals surface area contributed by atoms with Crippen molar-refractivity contribution in [3.8, 4) is 0 Å². The summed E-state index contributed by atoms with van der Waals surface area (Å²) >= 11 is 0. The summed E-state index contributed by atoms with van der Waals surface area (Å²) in [6.07, 6.45) is -2.22. The Morgan fingerprint density at radius 1 is 1.00 bits per heavy atom. The van der Waals surface area contributed by atoms with Crippen molar-refractivity contribution in [1.29, 1.82) is 0 Å². The van der Waals surface area contributed by atoms with Crippen molar-refractivity contribution in [3.63, 3.8) is 0 Å². The maximum absolute atomic E-state index is 7.78. The van der Waals surface area contributed by atoms with Gasteiger partial charge in [0.15, 0.2) is 0 Å². The highest BCUT2D eigenvalue weighted by Crippen LogP contribution is 2.19. The van der Waals surface area contributed by atoms with E-state index in [2.05, 4.69) is 0 Å². The van der Waals surface area contributed by atoms with Crippen LogP contribution in [0.4, 0.5) is 0 Å². The van der Waals surface area contributed by atoms with Crippen LogP contribution in [0.5, 0.6) is 0 Å². The molecule has 0 aromatic heterocycles. The SMILES string of the molecule is [2H]C1([2H])CCC([2H])([2H])c2ccccc21. The normalized spacial score (nSPS) is 32.4. The fourth-order valence-electron chi connectivity index (χ4n) is 1.19. The summed E-state index contributed by atoms with van der Waals surface area (Å²) in [6, 6.07) is 6.90. The minimum atomic E-state index is -1.37. The van der Waals surface area contributed by atoms with E-state index in [0.717, 1.165) is 0 Å². The first kappa shape index (κ1) is 3.08. The topological polar surface area (TPSA) is 0 Å². The molecule has 0 radical (unpaired) electrons. The summed E-state index contributed by atoms with van der Waals surface area (Å²) in [7, 11) is 0. The lowest BCUT2D eigenvalue weighted by Crippen LogP contribution is -2.00. The molecule has 0 spiro atoms. The Labute approximate surface area is 67.5 Å². The summed E-state index contributed by atoms with van der Waals surface area (Å²) < 4.78 is 31.1. The van der Waals surface area contributed by atoms with Crippen molar-refractivity contribution in [3.05, 3.63) is 35.4 Å². The third-order valence-corrected chi connectivity index (χ3v) is 1.68. The zero-order valence-corrected chi connectivity index (χ0v) is 5.72. The molecule has 0 atom stereocenters. The van der Waals surface area contributed by atoms with Gasteiger partial charge < -0.3 is 0 Å². The second-order valence-electron chi connectivity index (χ2n) is 2.40. The molecule has 10 heavy (non-hydrogen) atoms. The smallest absolute Gasteiger partial charge is 0.0316 e. The van der Waals surface area contributed by atoms with E-state index in [4.69, 9.17) is 5.48 Å². The van der Waals surface area contributed by atoms with Gasteiger partial charge in [0.2, 0.25) is 0 Å². The van der Waals surface area contributed by atoms with Gasteiger partial charge in [0.05, 0.1) is 0 Å². The highest BCUT2D eigenvalue weighted by Gasteiger charge is 2.05. The molecule has 0 heteroatoms. The molecule has 0 fully saturated rings. The molecule has 0 aliphatic heterocycles. The third kappa shape index (κ3) is 0.942. The highest BCUT2D eigenvalue weighted by molar-refractivity contribution is 5.28. The van der Waals surface area contributed by atoms with E-state index in [1.165, 1.54) is 0 Å². The molecule has 0 N–H and O–H groups in total. The lowest BCUT2D eigenvalue weighted by Gasteiger charge is -2.13. The van der Waals surface area contributed by atoms with Crippen molar-refractivity contribution in [2.24, 2.45) is 0 Å². The predicted octanol–water partition coefficient (Wildman–Crippen LogP) is 2.57. The van der Waals surface area contributed by atoms with Crippen molar-refractivity contribution in [1.82, 2.24) is 0 Å². The number of aryl methyl sites for hydroxylation is 2. The number of fused-ring (bicyclic) bond motifs is 1. The fraction of sp³-hybridized carbons (Fsp3) is 0.400. The van der Waals surface area contributed by atoms with Crippen LogP contribution in [0, 0.1) is 0 Å². The van der Waals surface area contributed by atoms with Crippen molar-refractivity contribution < 1.29 is 5.48 Å². The van der Waals surface area contributed by atoms with E-state index in [1.807, 2.05) is 0 Å².